The normalized spacial score (nSPS) is 9.08. The van der Waals surface area contributed by atoms with E-state index in [1.165, 1.54) is 12.3 Å². The Morgan fingerprint density at radius 2 is 2.08 bits per heavy atom. The molecule has 1 rings (SSSR count). The van der Waals surface area contributed by atoms with E-state index in [9.17, 15) is 4.39 Å². The molecule has 0 bridgehead atoms. The van der Waals surface area contributed by atoms with E-state index in [0.717, 1.165) is 5.69 Å². The molecule has 0 saturated carbocycles. The third-order valence-corrected chi connectivity index (χ3v) is 1.17. The number of aromatic nitrogens is 1. The molecule has 0 amide bonds. The molecule has 2 N–H and O–H groups in total. The zero-order valence-electron chi connectivity index (χ0n) is 6.81. The van der Waals surface area contributed by atoms with Gasteiger partial charge < -0.3 is 5.73 Å². The van der Waals surface area contributed by atoms with Crippen LogP contribution in [0, 0.1) is 5.82 Å². The van der Waals surface area contributed by atoms with Gasteiger partial charge in [-0.2, -0.15) is 0 Å². The van der Waals surface area contributed by atoms with Crippen LogP contribution in [-0.4, -0.2) is 11.5 Å². The summed E-state index contributed by atoms with van der Waals surface area (Å²) in [5, 5.41) is 0. The van der Waals surface area contributed by atoms with Gasteiger partial charge in [0.2, 0.25) is 0 Å². The Morgan fingerprint density at radius 3 is 2.54 bits per heavy atom. The molecule has 1 aromatic heterocycles. The number of halogens is 3. The van der Waals surface area contributed by atoms with E-state index in [1.807, 2.05) is 0 Å². The van der Waals surface area contributed by atoms with E-state index >= 15 is 0 Å². The Kier molecular flexibility index (Phi) is 9.12. The number of rotatable bonds is 2. The third kappa shape index (κ3) is 5.58. The molecule has 0 unspecified atom stereocenters. The molecule has 0 aromatic carbocycles. The predicted octanol–water partition coefficient (Wildman–Crippen LogP) is 2.04. The standard InChI is InChI=1S/C8H9FN2.2ClH/c9-7-3-4-8(11-6-7)2-1-5-10;;/h1-4,6H,5,10H2;2*1H. The molecule has 0 atom stereocenters. The van der Waals surface area contributed by atoms with Crippen molar-refractivity contribution in [1.82, 2.24) is 4.98 Å². The maximum atomic E-state index is 12.3. The van der Waals surface area contributed by atoms with Gasteiger partial charge >= 0.3 is 0 Å². The van der Waals surface area contributed by atoms with Crippen LogP contribution in [0.25, 0.3) is 6.08 Å². The molecule has 1 heterocycles. The molecule has 0 radical (unpaired) electrons. The van der Waals surface area contributed by atoms with Crippen LogP contribution in [0.3, 0.4) is 0 Å². The Bertz CT molecular complexity index is 249. The van der Waals surface area contributed by atoms with Gasteiger partial charge in [0.15, 0.2) is 0 Å². The van der Waals surface area contributed by atoms with Crippen molar-refractivity contribution in [2.24, 2.45) is 5.73 Å². The molecule has 0 saturated heterocycles. The van der Waals surface area contributed by atoms with E-state index in [2.05, 4.69) is 4.98 Å². The Morgan fingerprint density at radius 1 is 1.38 bits per heavy atom. The van der Waals surface area contributed by atoms with Crippen LogP contribution in [0.15, 0.2) is 24.4 Å². The first-order chi connectivity index (χ1) is 5.33. The van der Waals surface area contributed by atoms with Crippen LogP contribution in [0.1, 0.15) is 5.69 Å². The first kappa shape index (κ1) is 14.9. The molecule has 0 fully saturated rings. The van der Waals surface area contributed by atoms with Gasteiger partial charge in [-0.1, -0.05) is 6.08 Å². The number of hydrogen-bond acceptors (Lipinski definition) is 2. The Labute approximate surface area is 88.9 Å². The fourth-order valence-electron chi connectivity index (χ4n) is 0.675. The van der Waals surface area contributed by atoms with Gasteiger partial charge in [0.1, 0.15) is 5.82 Å². The molecule has 2 nitrogen and oxygen atoms in total. The highest BCUT2D eigenvalue weighted by molar-refractivity contribution is 5.85. The minimum Gasteiger partial charge on any atom is -0.327 e. The maximum absolute atomic E-state index is 12.3. The number of nitrogens with zero attached hydrogens (tertiary/aromatic N) is 1. The van der Waals surface area contributed by atoms with E-state index in [-0.39, 0.29) is 30.6 Å². The molecule has 74 valence electrons. The quantitative estimate of drug-likeness (QED) is 0.836. The number of hydrogen-bond donors (Lipinski definition) is 1. The summed E-state index contributed by atoms with van der Waals surface area (Å²) >= 11 is 0. The molecule has 0 aliphatic heterocycles. The fourth-order valence-corrected chi connectivity index (χ4v) is 0.675. The SMILES string of the molecule is Cl.Cl.NCC=Cc1ccc(F)cn1. The van der Waals surface area contributed by atoms with Crippen molar-refractivity contribution in [2.45, 2.75) is 0 Å². The second-order valence-electron chi connectivity index (χ2n) is 2.04. The van der Waals surface area contributed by atoms with E-state index < -0.39 is 0 Å². The van der Waals surface area contributed by atoms with Gasteiger partial charge in [-0.15, -0.1) is 24.8 Å². The highest BCUT2D eigenvalue weighted by atomic mass is 35.5. The largest absolute Gasteiger partial charge is 0.327 e. The van der Waals surface area contributed by atoms with Crippen molar-refractivity contribution in [3.63, 3.8) is 0 Å². The van der Waals surface area contributed by atoms with Crippen LogP contribution in [-0.2, 0) is 0 Å². The molecule has 0 aliphatic rings. The summed E-state index contributed by atoms with van der Waals surface area (Å²) in [6.07, 6.45) is 4.69. The van der Waals surface area contributed by atoms with Gasteiger partial charge in [0.25, 0.3) is 0 Å². The second-order valence-corrected chi connectivity index (χ2v) is 2.04. The molecule has 1 aromatic rings. The summed E-state index contributed by atoms with van der Waals surface area (Å²) < 4.78 is 12.3. The van der Waals surface area contributed by atoms with Crippen LogP contribution in [0.2, 0.25) is 0 Å². The summed E-state index contributed by atoms with van der Waals surface area (Å²) in [6, 6.07) is 2.96. The monoisotopic (exact) mass is 224 g/mol. The lowest BCUT2D eigenvalue weighted by Gasteiger charge is -1.90. The van der Waals surface area contributed by atoms with Gasteiger partial charge in [0.05, 0.1) is 11.9 Å². The average Bonchev–Trinajstić information content (AvgIpc) is 2.04. The second kappa shape index (κ2) is 7.98. The Hall–Kier alpha value is -0.640. The summed E-state index contributed by atoms with van der Waals surface area (Å²) in [5.41, 5.74) is 5.94. The van der Waals surface area contributed by atoms with E-state index in [1.54, 1.807) is 18.2 Å². The lowest BCUT2D eigenvalue weighted by atomic mass is 10.3. The van der Waals surface area contributed by atoms with Gasteiger partial charge in [-0.05, 0) is 18.2 Å². The minimum atomic E-state index is -0.324. The summed E-state index contributed by atoms with van der Waals surface area (Å²) in [4.78, 5) is 3.80. The lowest BCUT2D eigenvalue weighted by Crippen LogP contribution is -1.92. The third-order valence-electron chi connectivity index (χ3n) is 1.17. The Balaban J connectivity index is 0. The molecule has 0 spiro atoms. The van der Waals surface area contributed by atoms with Crippen molar-refractivity contribution in [2.75, 3.05) is 6.54 Å². The summed E-state index contributed by atoms with van der Waals surface area (Å²) in [5.74, 6) is -0.324. The molecule has 5 heteroatoms. The van der Waals surface area contributed by atoms with Crippen LogP contribution < -0.4 is 5.73 Å². The first-order valence-electron chi connectivity index (χ1n) is 3.31. The van der Waals surface area contributed by atoms with E-state index in [4.69, 9.17) is 5.73 Å². The first-order valence-corrected chi connectivity index (χ1v) is 3.31. The fraction of sp³-hybridized carbons (Fsp3) is 0.125. The maximum Gasteiger partial charge on any atom is 0.141 e. The van der Waals surface area contributed by atoms with Crippen molar-refractivity contribution >= 4 is 30.9 Å². The van der Waals surface area contributed by atoms with Gasteiger partial charge in [-0.3, -0.25) is 4.98 Å². The highest BCUT2D eigenvalue weighted by Crippen LogP contribution is 1.99. The summed E-state index contributed by atoms with van der Waals surface area (Å²) in [6.45, 7) is 0.471. The van der Waals surface area contributed by atoms with Gasteiger partial charge in [-0.25, -0.2) is 4.39 Å². The predicted molar refractivity (Wildman–Crippen MR) is 56.8 cm³/mol. The molecule has 13 heavy (non-hydrogen) atoms. The van der Waals surface area contributed by atoms with Crippen molar-refractivity contribution in [1.29, 1.82) is 0 Å². The molecular formula is C8H11Cl2FN2. The smallest absolute Gasteiger partial charge is 0.141 e. The zero-order chi connectivity index (χ0) is 8.10. The van der Waals surface area contributed by atoms with Crippen molar-refractivity contribution in [3.05, 3.63) is 35.9 Å². The van der Waals surface area contributed by atoms with Crippen molar-refractivity contribution < 1.29 is 4.39 Å². The topological polar surface area (TPSA) is 38.9 Å². The zero-order valence-corrected chi connectivity index (χ0v) is 8.45. The van der Waals surface area contributed by atoms with Crippen molar-refractivity contribution in [3.8, 4) is 0 Å². The lowest BCUT2D eigenvalue weighted by molar-refractivity contribution is 0.621. The average molecular weight is 225 g/mol. The summed E-state index contributed by atoms with van der Waals surface area (Å²) in [7, 11) is 0. The van der Waals surface area contributed by atoms with Gasteiger partial charge in [0, 0.05) is 6.54 Å². The number of nitrogens with two attached hydrogens (primary N) is 1. The molecular weight excluding hydrogens is 214 g/mol. The minimum absolute atomic E-state index is 0. The molecule has 0 aliphatic carbocycles. The van der Waals surface area contributed by atoms with E-state index in [0.29, 0.717) is 6.54 Å². The van der Waals surface area contributed by atoms with Crippen LogP contribution in [0.4, 0.5) is 4.39 Å². The van der Waals surface area contributed by atoms with Crippen LogP contribution in [0.5, 0.6) is 0 Å². The highest BCUT2D eigenvalue weighted by Gasteiger charge is 1.88. The number of pyridine rings is 1. The van der Waals surface area contributed by atoms with Crippen LogP contribution >= 0.6 is 24.8 Å².